The Hall–Kier alpha value is -2.24. The van der Waals surface area contributed by atoms with E-state index in [1.807, 2.05) is 17.0 Å². The van der Waals surface area contributed by atoms with Crippen molar-refractivity contribution in [2.24, 2.45) is 5.92 Å². The second kappa shape index (κ2) is 7.98. The van der Waals surface area contributed by atoms with E-state index in [9.17, 15) is 9.59 Å². The highest BCUT2D eigenvalue weighted by Crippen LogP contribution is 2.33. The van der Waals surface area contributed by atoms with Crippen molar-refractivity contribution in [1.29, 1.82) is 0 Å². The monoisotopic (exact) mass is 360 g/mol. The molecule has 0 spiro atoms. The molecule has 3 rings (SSSR count). The van der Waals surface area contributed by atoms with Gasteiger partial charge in [-0.3, -0.25) is 9.59 Å². The van der Waals surface area contributed by atoms with Gasteiger partial charge in [-0.1, -0.05) is 6.92 Å². The van der Waals surface area contributed by atoms with Gasteiger partial charge in [0.2, 0.25) is 11.8 Å². The minimum atomic E-state index is -0.0892. The van der Waals surface area contributed by atoms with Gasteiger partial charge in [-0.2, -0.15) is 0 Å². The van der Waals surface area contributed by atoms with Crippen LogP contribution in [0.4, 0.5) is 0 Å². The summed E-state index contributed by atoms with van der Waals surface area (Å²) in [5, 5.41) is 0. The van der Waals surface area contributed by atoms with E-state index in [0.29, 0.717) is 30.5 Å². The molecule has 2 heterocycles. The highest BCUT2D eigenvalue weighted by molar-refractivity contribution is 5.97. The van der Waals surface area contributed by atoms with E-state index in [1.54, 1.807) is 19.1 Å². The number of carbonyl (C=O) groups is 2. The summed E-state index contributed by atoms with van der Waals surface area (Å²) < 4.78 is 10.7. The number of rotatable bonds is 4. The van der Waals surface area contributed by atoms with Crippen molar-refractivity contribution in [3.63, 3.8) is 0 Å². The minimum absolute atomic E-state index is 0.0324. The molecule has 1 aromatic rings. The molecule has 2 aliphatic heterocycles. The minimum Gasteiger partial charge on any atom is -0.493 e. The van der Waals surface area contributed by atoms with Gasteiger partial charge in [-0.25, -0.2) is 0 Å². The quantitative estimate of drug-likeness (QED) is 0.773. The van der Waals surface area contributed by atoms with Crippen molar-refractivity contribution in [2.75, 3.05) is 33.9 Å². The van der Waals surface area contributed by atoms with E-state index >= 15 is 0 Å². The first-order valence-electron chi connectivity index (χ1n) is 9.31. The van der Waals surface area contributed by atoms with Crippen LogP contribution in [0.5, 0.6) is 11.5 Å². The molecule has 2 amide bonds. The summed E-state index contributed by atoms with van der Waals surface area (Å²) in [6.07, 6.45) is 2.91. The van der Waals surface area contributed by atoms with Crippen LogP contribution in [-0.4, -0.2) is 55.5 Å². The fourth-order valence-corrected chi connectivity index (χ4v) is 3.86. The van der Waals surface area contributed by atoms with Gasteiger partial charge in [-0.05, 0) is 48.4 Å². The molecule has 6 nitrogen and oxygen atoms in total. The van der Waals surface area contributed by atoms with Crippen LogP contribution in [0.3, 0.4) is 0 Å². The number of nitrogens with zero attached hydrogens (tertiary/aromatic N) is 2. The van der Waals surface area contributed by atoms with Gasteiger partial charge in [0.05, 0.1) is 14.2 Å². The summed E-state index contributed by atoms with van der Waals surface area (Å²) in [6, 6.07) is 3.91. The van der Waals surface area contributed by atoms with Crippen molar-refractivity contribution in [3.8, 4) is 11.5 Å². The summed E-state index contributed by atoms with van der Waals surface area (Å²) in [7, 11) is 3.23. The van der Waals surface area contributed by atoms with Crippen LogP contribution in [0, 0.1) is 5.92 Å². The molecule has 26 heavy (non-hydrogen) atoms. The summed E-state index contributed by atoms with van der Waals surface area (Å²) in [4.78, 5) is 28.7. The van der Waals surface area contributed by atoms with Gasteiger partial charge in [0.1, 0.15) is 6.42 Å². The van der Waals surface area contributed by atoms with E-state index in [0.717, 1.165) is 37.9 Å². The van der Waals surface area contributed by atoms with Crippen LogP contribution in [0.25, 0.3) is 0 Å². The highest BCUT2D eigenvalue weighted by Gasteiger charge is 2.27. The molecule has 0 saturated carbocycles. The first-order chi connectivity index (χ1) is 12.5. The van der Waals surface area contributed by atoms with Crippen molar-refractivity contribution in [3.05, 3.63) is 23.3 Å². The molecule has 1 aromatic carbocycles. The lowest BCUT2D eigenvalue weighted by molar-refractivity contribution is -0.142. The SMILES string of the molecule is COc1cc2c(cc1OC)CN(C(=O)CC(=O)N1CCCC(C)C1)CC2. The van der Waals surface area contributed by atoms with Gasteiger partial charge >= 0.3 is 0 Å². The zero-order valence-corrected chi connectivity index (χ0v) is 15.9. The number of hydrogen-bond acceptors (Lipinski definition) is 4. The van der Waals surface area contributed by atoms with E-state index < -0.39 is 0 Å². The predicted octanol–water partition coefficient (Wildman–Crippen LogP) is 2.24. The third-order valence-electron chi connectivity index (χ3n) is 5.38. The molecule has 1 atom stereocenters. The molecule has 142 valence electrons. The fraction of sp³-hybridized carbons (Fsp3) is 0.600. The van der Waals surface area contributed by atoms with Gasteiger partial charge in [-0.15, -0.1) is 0 Å². The number of likely N-dealkylation sites (tertiary alicyclic amines) is 1. The lowest BCUT2D eigenvalue weighted by Gasteiger charge is -2.33. The molecular weight excluding hydrogens is 332 g/mol. The Balaban J connectivity index is 1.64. The smallest absolute Gasteiger partial charge is 0.232 e. The Morgan fingerprint density at radius 2 is 1.69 bits per heavy atom. The number of benzene rings is 1. The summed E-state index contributed by atoms with van der Waals surface area (Å²) in [6.45, 7) is 4.84. The predicted molar refractivity (Wildman–Crippen MR) is 98.3 cm³/mol. The largest absolute Gasteiger partial charge is 0.493 e. The lowest BCUT2D eigenvalue weighted by atomic mass is 9.98. The third kappa shape index (κ3) is 3.94. The molecule has 1 fully saturated rings. The van der Waals surface area contributed by atoms with Crippen molar-refractivity contribution >= 4 is 11.8 Å². The van der Waals surface area contributed by atoms with Gasteiger partial charge in [0.15, 0.2) is 11.5 Å². The normalized spacial score (nSPS) is 19.7. The molecule has 0 radical (unpaired) electrons. The van der Waals surface area contributed by atoms with Crippen LogP contribution in [0.1, 0.15) is 37.3 Å². The number of amides is 2. The number of ether oxygens (including phenoxy) is 2. The average Bonchev–Trinajstić information content (AvgIpc) is 2.66. The first-order valence-corrected chi connectivity index (χ1v) is 9.31. The molecule has 1 saturated heterocycles. The van der Waals surface area contributed by atoms with Crippen LogP contribution < -0.4 is 9.47 Å². The van der Waals surface area contributed by atoms with E-state index in [1.165, 1.54) is 5.56 Å². The molecular formula is C20H28N2O4. The van der Waals surface area contributed by atoms with Crippen LogP contribution in [-0.2, 0) is 22.6 Å². The maximum absolute atomic E-state index is 12.6. The number of fused-ring (bicyclic) bond motifs is 1. The molecule has 1 unspecified atom stereocenters. The zero-order valence-electron chi connectivity index (χ0n) is 15.9. The van der Waals surface area contributed by atoms with Crippen molar-refractivity contribution in [1.82, 2.24) is 9.80 Å². The second-order valence-electron chi connectivity index (χ2n) is 7.31. The van der Waals surface area contributed by atoms with Crippen molar-refractivity contribution in [2.45, 2.75) is 39.2 Å². The number of methoxy groups -OCH3 is 2. The van der Waals surface area contributed by atoms with Gasteiger partial charge in [0.25, 0.3) is 0 Å². The third-order valence-corrected chi connectivity index (χ3v) is 5.38. The number of hydrogen-bond donors (Lipinski definition) is 0. The average molecular weight is 360 g/mol. The van der Waals surface area contributed by atoms with Crippen molar-refractivity contribution < 1.29 is 19.1 Å². The van der Waals surface area contributed by atoms with E-state index in [-0.39, 0.29) is 18.2 Å². The Bertz CT molecular complexity index is 689. The van der Waals surface area contributed by atoms with Crippen LogP contribution >= 0.6 is 0 Å². The maximum atomic E-state index is 12.6. The highest BCUT2D eigenvalue weighted by atomic mass is 16.5. The molecule has 2 aliphatic rings. The van der Waals surface area contributed by atoms with Gasteiger partial charge in [0, 0.05) is 26.2 Å². The number of piperidine rings is 1. The Labute approximate surface area is 155 Å². The summed E-state index contributed by atoms with van der Waals surface area (Å²) in [5.41, 5.74) is 2.23. The topological polar surface area (TPSA) is 59.1 Å². The Kier molecular flexibility index (Phi) is 5.69. The van der Waals surface area contributed by atoms with Crippen LogP contribution in [0.2, 0.25) is 0 Å². The summed E-state index contributed by atoms with van der Waals surface area (Å²) in [5.74, 6) is 1.76. The van der Waals surface area contributed by atoms with E-state index in [4.69, 9.17) is 9.47 Å². The first kappa shape index (κ1) is 18.5. The molecule has 0 bridgehead atoms. The Morgan fingerprint density at radius 1 is 1.04 bits per heavy atom. The molecule has 0 N–H and O–H groups in total. The molecule has 0 aromatic heterocycles. The second-order valence-corrected chi connectivity index (χ2v) is 7.31. The Morgan fingerprint density at radius 3 is 2.35 bits per heavy atom. The fourth-order valence-electron chi connectivity index (χ4n) is 3.86. The maximum Gasteiger partial charge on any atom is 0.232 e. The standard InChI is InChI=1S/C20H28N2O4/c1-14-5-4-7-21(12-14)19(23)11-20(24)22-8-6-15-9-17(25-2)18(26-3)10-16(15)13-22/h9-10,14H,4-8,11-13H2,1-3H3. The molecule has 6 heteroatoms. The lowest BCUT2D eigenvalue weighted by Crippen LogP contribution is -2.43. The zero-order chi connectivity index (χ0) is 18.7. The summed E-state index contributed by atoms with van der Waals surface area (Å²) >= 11 is 0. The molecule has 0 aliphatic carbocycles. The number of carbonyl (C=O) groups excluding carboxylic acids is 2. The van der Waals surface area contributed by atoms with Gasteiger partial charge < -0.3 is 19.3 Å². The van der Waals surface area contributed by atoms with E-state index in [2.05, 4.69) is 6.92 Å². The van der Waals surface area contributed by atoms with Crippen LogP contribution in [0.15, 0.2) is 12.1 Å².